The highest BCUT2D eigenvalue weighted by Crippen LogP contribution is 2.27. The molecule has 1 saturated carbocycles. The van der Waals surface area contributed by atoms with Crippen molar-refractivity contribution in [2.24, 2.45) is 5.73 Å². The molecular formula is C14H20Cl2F3N3O2. The number of nitrogens with one attached hydrogen (secondary N) is 1. The lowest BCUT2D eigenvalue weighted by Crippen LogP contribution is -2.51. The third-order valence-corrected chi connectivity index (χ3v) is 3.61. The molecule has 5 nitrogen and oxygen atoms in total. The van der Waals surface area contributed by atoms with E-state index in [1.807, 2.05) is 0 Å². The minimum atomic E-state index is -4.44. The summed E-state index contributed by atoms with van der Waals surface area (Å²) in [6, 6.07) is 3.12. The highest BCUT2D eigenvalue weighted by atomic mass is 35.5. The van der Waals surface area contributed by atoms with Gasteiger partial charge in [0.05, 0.1) is 5.54 Å². The van der Waals surface area contributed by atoms with Crippen molar-refractivity contribution in [2.75, 3.05) is 6.61 Å². The van der Waals surface area contributed by atoms with E-state index in [0.717, 1.165) is 12.8 Å². The summed E-state index contributed by atoms with van der Waals surface area (Å²) >= 11 is 0. The number of aromatic nitrogens is 1. The predicted molar refractivity (Wildman–Crippen MR) is 87.5 cm³/mol. The second-order valence-electron chi connectivity index (χ2n) is 5.42. The van der Waals surface area contributed by atoms with Crippen LogP contribution < -0.4 is 15.8 Å². The Labute approximate surface area is 150 Å². The molecule has 1 aromatic heterocycles. The van der Waals surface area contributed by atoms with Gasteiger partial charge in [-0.15, -0.1) is 24.8 Å². The molecule has 1 aliphatic rings. The minimum absolute atomic E-state index is 0. The monoisotopic (exact) mass is 389 g/mol. The zero-order valence-corrected chi connectivity index (χ0v) is 14.4. The van der Waals surface area contributed by atoms with Crippen LogP contribution in [0.15, 0.2) is 18.3 Å². The van der Waals surface area contributed by atoms with Crippen LogP contribution >= 0.6 is 24.8 Å². The van der Waals surface area contributed by atoms with E-state index in [-0.39, 0.29) is 43.1 Å². The summed E-state index contributed by atoms with van der Waals surface area (Å²) in [6.45, 7) is -1.40. The Morgan fingerprint density at radius 3 is 2.54 bits per heavy atom. The van der Waals surface area contributed by atoms with Crippen LogP contribution in [0, 0.1) is 0 Å². The van der Waals surface area contributed by atoms with E-state index in [1.165, 1.54) is 6.20 Å². The molecule has 0 atom stereocenters. The molecule has 2 rings (SSSR count). The second kappa shape index (κ2) is 9.29. The Balaban J connectivity index is 0.00000264. The van der Waals surface area contributed by atoms with Crippen molar-refractivity contribution in [3.63, 3.8) is 0 Å². The average molecular weight is 390 g/mol. The molecule has 10 heteroatoms. The van der Waals surface area contributed by atoms with E-state index in [9.17, 15) is 18.0 Å². The smallest absolute Gasteiger partial charge is 0.422 e. The maximum atomic E-state index is 12.2. The number of nitrogens with two attached hydrogens (primary N) is 1. The SMILES string of the molecule is Cl.Cl.NC1(C(=O)NCc2cccnc2OCC(F)(F)F)CCCC1. The lowest BCUT2D eigenvalue weighted by Gasteiger charge is -2.22. The quantitative estimate of drug-likeness (QED) is 0.811. The first-order valence-corrected chi connectivity index (χ1v) is 7.01. The Hall–Kier alpha value is -1.25. The fourth-order valence-electron chi connectivity index (χ4n) is 2.42. The van der Waals surface area contributed by atoms with Crippen molar-refractivity contribution in [3.8, 4) is 5.88 Å². The lowest BCUT2D eigenvalue weighted by molar-refractivity contribution is -0.154. The van der Waals surface area contributed by atoms with Crippen LogP contribution in [0.25, 0.3) is 0 Å². The number of ether oxygens (including phenoxy) is 1. The van der Waals surface area contributed by atoms with E-state index < -0.39 is 18.3 Å². The molecule has 0 bridgehead atoms. The van der Waals surface area contributed by atoms with Crippen LogP contribution in [0.4, 0.5) is 13.2 Å². The predicted octanol–water partition coefficient (Wildman–Crippen LogP) is 2.75. The number of carbonyl (C=O) groups is 1. The molecule has 0 radical (unpaired) electrons. The van der Waals surface area contributed by atoms with Gasteiger partial charge in [-0.25, -0.2) is 4.98 Å². The zero-order chi connectivity index (χ0) is 16.2. The third-order valence-electron chi connectivity index (χ3n) is 3.61. The van der Waals surface area contributed by atoms with Crippen LogP contribution in [0.3, 0.4) is 0 Å². The standard InChI is InChI=1S/C14H18F3N3O2.2ClH/c15-14(16,17)9-22-11-10(4-3-7-19-11)8-20-12(21)13(18)5-1-2-6-13;;/h3-4,7H,1-2,5-6,8-9,18H2,(H,20,21);2*1H. The third kappa shape index (κ3) is 6.33. The zero-order valence-electron chi connectivity index (χ0n) is 12.8. The molecule has 1 fully saturated rings. The van der Waals surface area contributed by atoms with Gasteiger partial charge in [0.1, 0.15) is 0 Å². The van der Waals surface area contributed by atoms with Gasteiger partial charge in [-0.1, -0.05) is 18.9 Å². The lowest BCUT2D eigenvalue weighted by atomic mass is 9.98. The molecule has 1 heterocycles. The van der Waals surface area contributed by atoms with Crippen LogP contribution in [0.1, 0.15) is 31.2 Å². The number of rotatable bonds is 5. The van der Waals surface area contributed by atoms with Gasteiger partial charge in [0.2, 0.25) is 11.8 Å². The summed E-state index contributed by atoms with van der Waals surface area (Å²) in [5.74, 6) is -0.437. The Morgan fingerprint density at radius 2 is 1.96 bits per heavy atom. The summed E-state index contributed by atoms with van der Waals surface area (Å²) < 4.78 is 41.3. The van der Waals surface area contributed by atoms with E-state index >= 15 is 0 Å². The van der Waals surface area contributed by atoms with Crippen LogP contribution in [-0.2, 0) is 11.3 Å². The Morgan fingerprint density at radius 1 is 1.33 bits per heavy atom. The van der Waals surface area contributed by atoms with Gasteiger partial charge in [-0.3, -0.25) is 4.79 Å². The topological polar surface area (TPSA) is 77.2 Å². The Bertz CT molecular complexity index is 538. The van der Waals surface area contributed by atoms with Crippen LogP contribution in [-0.4, -0.2) is 29.2 Å². The first-order chi connectivity index (χ1) is 10.3. The van der Waals surface area contributed by atoms with Crippen molar-refractivity contribution >= 4 is 30.7 Å². The summed E-state index contributed by atoms with van der Waals surface area (Å²) in [7, 11) is 0. The molecule has 0 aliphatic heterocycles. The molecule has 3 N–H and O–H groups in total. The second-order valence-corrected chi connectivity index (χ2v) is 5.42. The number of amides is 1. The first kappa shape index (κ1) is 22.8. The highest BCUT2D eigenvalue weighted by molar-refractivity contribution is 5.86. The maximum absolute atomic E-state index is 12.2. The number of alkyl halides is 3. The molecule has 138 valence electrons. The first-order valence-electron chi connectivity index (χ1n) is 7.01. The fraction of sp³-hybridized carbons (Fsp3) is 0.571. The van der Waals surface area contributed by atoms with E-state index in [0.29, 0.717) is 18.4 Å². The van der Waals surface area contributed by atoms with Gasteiger partial charge >= 0.3 is 6.18 Å². The molecular weight excluding hydrogens is 370 g/mol. The van der Waals surface area contributed by atoms with E-state index in [2.05, 4.69) is 15.0 Å². The van der Waals surface area contributed by atoms with Gasteiger partial charge in [0.25, 0.3) is 0 Å². The molecule has 0 aromatic carbocycles. The van der Waals surface area contributed by atoms with Gasteiger partial charge in [-0.2, -0.15) is 13.2 Å². The average Bonchev–Trinajstić information content (AvgIpc) is 2.90. The summed E-state index contributed by atoms with van der Waals surface area (Å²) in [5, 5.41) is 2.65. The summed E-state index contributed by atoms with van der Waals surface area (Å²) in [5.41, 5.74) is 5.51. The minimum Gasteiger partial charge on any atom is -0.468 e. The molecule has 1 amide bonds. The normalized spacial score (nSPS) is 15.8. The maximum Gasteiger partial charge on any atom is 0.422 e. The van der Waals surface area contributed by atoms with Crippen molar-refractivity contribution in [1.82, 2.24) is 10.3 Å². The van der Waals surface area contributed by atoms with Gasteiger partial charge in [0.15, 0.2) is 6.61 Å². The van der Waals surface area contributed by atoms with E-state index in [4.69, 9.17) is 5.73 Å². The van der Waals surface area contributed by atoms with Crippen molar-refractivity contribution in [2.45, 2.75) is 43.9 Å². The van der Waals surface area contributed by atoms with Crippen LogP contribution in [0.2, 0.25) is 0 Å². The molecule has 0 spiro atoms. The number of hydrogen-bond acceptors (Lipinski definition) is 4. The summed E-state index contributed by atoms with van der Waals surface area (Å²) in [4.78, 5) is 15.9. The molecule has 24 heavy (non-hydrogen) atoms. The molecule has 1 aromatic rings. The highest BCUT2D eigenvalue weighted by Gasteiger charge is 2.36. The van der Waals surface area contributed by atoms with E-state index in [1.54, 1.807) is 12.1 Å². The number of carbonyl (C=O) groups excluding carboxylic acids is 1. The Kier molecular flexibility index (Phi) is 8.81. The van der Waals surface area contributed by atoms with Gasteiger partial charge in [-0.05, 0) is 18.9 Å². The van der Waals surface area contributed by atoms with Crippen molar-refractivity contribution in [3.05, 3.63) is 23.9 Å². The molecule has 0 saturated heterocycles. The van der Waals surface area contributed by atoms with Crippen molar-refractivity contribution < 1.29 is 22.7 Å². The van der Waals surface area contributed by atoms with Gasteiger partial charge in [0, 0.05) is 18.3 Å². The number of pyridine rings is 1. The number of hydrogen-bond donors (Lipinski definition) is 2. The summed E-state index contributed by atoms with van der Waals surface area (Å²) in [6.07, 6.45) is -0.0816. The molecule has 0 unspecified atom stereocenters. The molecule has 1 aliphatic carbocycles. The van der Waals surface area contributed by atoms with Gasteiger partial charge < -0.3 is 15.8 Å². The van der Waals surface area contributed by atoms with Crippen molar-refractivity contribution in [1.29, 1.82) is 0 Å². The fourth-order valence-corrected chi connectivity index (χ4v) is 2.42. The number of halogens is 5. The van der Waals surface area contributed by atoms with Crippen LogP contribution in [0.5, 0.6) is 5.88 Å². The largest absolute Gasteiger partial charge is 0.468 e. The number of nitrogens with zero attached hydrogens (tertiary/aromatic N) is 1.